The Morgan fingerprint density at radius 2 is 1.46 bits per heavy atom. The summed E-state index contributed by atoms with van der Waals surface area (Å²) in [5, 5.41) is 38.2. The summed E-state index contributed by atoms with van der Waals surface area (Å²) in [6, 6.07) is 0. The standard InChI is InChI=1S/C16H32N2O10/c17-18-12(20)2-1-3-24-4-5-25-6-7-26-8-9-27-16-15(23)14(22)13(21)11(10-19)28-16/h11,13-16,19,21-23H,1-10,17H2,(H,18,20)/t11-,13-,14+,15-,16-/m1/s1. The lowest BCUT2D eigenvalue weighted by molar-refractivity contribution is -0.302. The molecule has 12 heteroatoms. The van der Waals surface area contributed by atoms with Gasteiger partial charge in [-0.15, -0.1) is 0 Å². The molecule has 1 fully saturated rings. The maximum Gasteiger partial charge on any atom is 0.233 e. The van der Waals surface area contributed by atoms with Crippen molar-refractivity contribution < 1.29 is 48.9 Å². The number of ether oxygens (including phenoxy) is 5. The van der Waals surface area contributed by atoms with E-state index in [4.69, 9.17) is 34.6 Å². The Balaban J connectivity index is 1.93. The Morgan fingerprint density at radius 1 is 0.893 bits per heavy atom. The first kappa shape index (κ1) is 25.1. The second-order valence-electron chi connectivity index (χ2n) is 6.08. The summed E-state index contributed by atoms with van der Waals surface area (Å²) in [6.07, 6.45) is -5.57. The highest BCUT2D eigenvalue weighted by atomic mass is 16.7. The van der Waals surface area contributed by atoms with Crippen molar-refractivity contribution in [3.63, 3.8) is 0 Å². The number of carbonyl (C=O) groups is 1. The van der Waals surface area contributed by atoms with Gasteiger partial charge in [-0.1, -0.05) is 0 Å². The number of aliphatic hydroxyl groups excluding tert-OH is 4. The molecule has 1 amide bonds. The molecule has 28 heavy (non-hydrogen) atoms. The summed E-state index contributed by atoms with van der Waals surface area (Å²) in [4.78, 5) is 10.9. The number of carbonyl (C=O) groups excluding carboxylic acids is 1. The van der Waals surface area contributed by atoms with Crippen LogP contribution in [0, 0.1) is 0 Å². The summed E-state index contributed by atoms with van der Waals surface area (Å²) < 4.78 is 26.4. The SMILES string of the molecule is NNC(=O)CCCOCCOCCOCCO[C@@H]1O[C@H](CO)[C@@H](O)[C@H](O)[C@H]1O. The number of rotatable bonds is 15. The van der Waals surface area contributed by atoms with Gasteiger partial charge in [-0.2, -0.15) is 0 Å². The minimum Gasteiger partial charge on any atom is -0.394 e. The van der Waals surface area contributed by atoms with E-state index >= 15 is 0 Å². The Bertz CT molecular complexity index is 415. The molecular formula is C16H32N2O10. The maximum atomic E-state index is 10.9. The molecule has 0 saturated carbocycles. The summed E-state index contributed by atoms with van der Waals surface area (Å²) in [7, 11) is 0. The van der Waals surface area contributed by atoms with Crippen LogP contribution < -0.4 is 11.3 Å². The van der Waals surface area contributed by atoms with E-state index < -0.39 is 37.3 Å². The molecule has 166 valence electrons. The fourth-order valence-corrected chi connectivity index (χ4v) is 2.38. The van der Waals surface area contributed by atoms with Crippen LogP contribution in [-0.4, -0.2) is 110 Å². The van der Waals surface area contributed by atoms with Gasteiger partial charge in [-0.05, 0) is 6.42 Å². The van der Waals surface area contributed by atoms with Crippen LogP contribution in [0.2, 0.25) is 0 Å². The minimum absolute atomic E-state index is 0.0855. The number of hydrogen-bond donors (Lipinski definition) is 6. The predicted molar refractivity (Wildman–Crippen MR) is 93.7 cm³/mol. The molecule has 0 bridgehead atoms. The second-order valence-corrected chi connectivity index (χ2v) is 6.08. The number of nitrogens with one attached hydrogen (secondary N) is 1. The van der Waals surface area contributed by atoms with Crippen molar-refractivity contribution >= 4 is 5.91 Å². The van der Waals surface area contributed by atoms with Gasteiger partial charge in [0.1, 0.15) is 24.4 Å². The van der Waals surface area contributed by atoms with Gasteiger partial charge < -0.3 is 44.1 Å². The van der Waals surface area contributed by atoms with E-state index in [-0.39, 0.29) is 19.1 Å². The van der Waals surface area contributed by atoms with Crippen LogP contribution in [-0.2, 0) is 28.5 Å². The first-order valence-electron chi connectivity index (χ1n) is 9.16. The fraction of sp³-hybridized carbons (Fsp3) is 0.938. The van der Waals surface area contributed by atoms with Gasteiger partial charge in [0, 0.05) is 13.0 Å². The topological polar surface area (TPSA) is 182 Å². The van der Waals surface area contributed by atoms with Crippen molar-refractivity contribution in [3.05, 3.63) is 0 Å². The van der Waals surface area contributed by atoms with Crippen molar-refractivity contribution in [2.24, 2.45) is 5.84 Å². The Kier molecular flexibility index (Phi) is 13.4. The molecule has 12 nitrogen and oxygen atoms in total. The molecule has 0 unspecified atom stereocenters. The molecule has 0 aromatic rings. The van der Waals surface area contributed by atoms with Crippen LogP contribution in [0.3, 0.4) is 0 Å². The zero-order valence-corrected chi connectivity index (χ0v) is 15.8. The lowest BCUT2D eigenvalue weighted by Gasteiger charge is -2.39. The Labute approximate surface area is 163 Å². The second kappa shape index (κ2) is 15.0. The molecule has 1 rings (SSSR count). The number of nitrogens with two attached hydrogens (primary N) is 1. The molecule has 0 aromatic heterocycles. The average molecular weight is 412 g/mol. The van der Waals surface area contributed by atoms with Gasteiger partial charge in [-0.3, -0.25) is 10.2 Å². The summed E-state index contributed by atoms with van der Waals surface area (Å²) in [6.45, 7) is 1.72. The molecule has 5 atom stereocenters. The van der Waals surface area contributed by atoms with E-state index in [1.165, 1.54) is 0 Å². The molecule has 0 aliphatic carbocycles. The fourth-order valence-electron chi connectivity index (χ4n) is 2.38. The minimum atomic E-state index is -1.47. The lowest BCUT2D eigenvalue weighted by Crippen LogP contribution is -2.59. The van der Waals surface area contributed by atoms with Crippen molar-refractivity contribution in [1.82, 2.24) is 5.43 Å². The predicted octanol–water partition coefficient (Wildman–Crippen LogP) is -3.38. The third-order valence-electron chi connectivity index (χ3n) is 3.96. The quantitative estimate of drug-likeness (QED) is 0.0683. The van der Waals surface area contributed by atoms with Gasteiger partial charge in [0.15, 0.2) is 6.29 Å². The van der Waals surface area contributed by atoms with Crippen molar-refractivity contribution in [1.29, 1.82) is 0 Å². The highest BCUT2D eigenvalue weighted by Gasteiger charge is 2.43. The van der Waals surface area contributed by atoms with Crippen molar-refractivity contribution in [3.8, 4) is 0 Å². The number of hydrogen-bond acceptors (Lipinski definition) is 11. The smallest absolute Gasteiger partial charge is 0.233 e. The Morgan fingerprint density at radius 3 is 2.04 bits per heavy atom. The zero-order chi connectivity index (χ0) is 20.8. The van der Waals surface area contributed by atoms with E-state index in [9.17, 15) is 20.1 Å². The van der Waals surface area contributed by atoms with Gasteiger partial charge in [-0.25, -0.2) is 5.84 Å². The highest BCUT2D eigenvalue weighted by Crippen LogP contribution is 2.21. The molecule has 1 heterocycles. The van der Waals surface area contributed by atoms with Crippen molar-refractivity contribution in [2.75, 3.05) is 52.9 Å². The van der Waals surface area contributed by atoms with E-state index in [0.29, 0.717) is 45.9 Å². The first-order valence-corrected chi connectivity index (χ1v) is 9.16. The van der Waals surface area contributed by atoms with Gasteiger partial charge in [0.25, 0.3) is 0 Å². The Hall–Kier alpha value is -0.930. The van der Waals surface area contributed by atoms with Gasteiger partial charge in [0.2, 0.25) is 5.91 Å². The van der Waals surface area contributed by atoms with E-state index in [0.717, 1.165) is 0 Å². The van der Waals surface area contributed by atoms with Crippen LogP contribution in [0.4, 0.5) is 0 Å². The third-order valence-corrected chi connectivity index (χ3v) is 3.96. The number of amides is 1. The molecule has 1 aliphatic heterocycles. The summed E-state index contributed by atoms with van der Waals surface area (Å²) in [5.41, 5.74) is 2.04. The monoisotopic (exact) mass is 412 g/mol. The summed E-state index contributed by atoms with van der Waals surface area (Å²) in [5.74, 6) is 4.72. The molecule has 0 aromatic carbocycles. The van der Waals surface area contributed by atoms with Gasteiger partial charge >= 0.3 is 0 Å². The average Bonchev–Trinajstić information content (AvgIpc) is 2.70. The van der Waals surface area contributed by atoms with Crippen molar-refractivity contribution in [2.45, 2.75) is 43.5 Å². The molecule has 0 spiro atoms. The first-order chi connectivity index (χ1) is 13.5. The normalized spacial score (nSPS) is 27.7. The molecule has 7 N–H and O–H groups in total. The zero-order valence-electron chi connectivity index (χ0n) is 15.8. The molecule has 0 radical (unpaired) electrons. The van der Waals surface area contributed by atoms with E-state index in [2.05, 4.69) is 0 Å². The van der Waals surface area contributed by atoms with Crippen LogP contribution >= 0.6 is 0 Å². The van der Waals surface area contributed by atoms with E-state index in [1.54, 1.807) is 0 Å². The largest absolute Gasteiger partial charge is 0.394 e. The van der Waals surface area contributed by atoms with Crippen LogP contribution in [0.5, 0.6) is 0 Å². The number of hydrazine groups is 1. The van der Waals surface area contributed by atoms with Gasteiger partial charge in [0.05, 0.1) is 46.2 Å². The van der Waals surface area contributed by atoms with Crippen LogP contribution in [0.15, 0.2) is 0 Å². The van der Waals surface area contributed by atoms with E-state index in [1.807, 2.05) is 5.43 Å². The van der Waals surface area contributed by atoms with Crippen LogP contribution in [0.25, 0.3) is 0 Å². The maximum absolute atomic E-state index is 10.9. The highest BCUT2D eigenvalue weighted by molar-refractivity contribution is 5.75. The summed E-state index contributed by atoms with van der Waals surface area (Å²) >= 11 is 0. The number of aliphatic hydroxyl groups is 4. The van der Waals surface area contributed by atoms with Crippen LogP contribution in [0.1, 0.15) is 12.8 Å². The lowest BCUT2D eigenvalue weighted by atomic mass is 9.99. The molecule has 1 saturated heterocycles. The molecular weight excluding hydrogens is 380 g/mol. The molecule has 1 aliphatic rings. The third kappa shape index (κ3) is 9.52.